The third-order valence-electron chi connectivity index (χ3n) is 3.22. The first kappa shape index (κ1) is 16.9. The Morgan fingerprint density at radius 2 is 2.25 bits per heavy atom. The van der Waals surface area contributed by atoms with Crippen LogP contribution in [0.25, 0.3) is 6.08 Å². The van der Waals surface area contributed by atoms with E-state index < -0.39 is 0 Å². The smallest absolute Gasteiger partial charge is 0.244 e. The number of nitrogens with zero attached hydrogens (tertiary/aromatic N) is 2. The topological polar surface area (TPSA) is 45.2 Å². The zero-order valence-corrected chi connectivity index (χ0v) is 13.4. The van der Waals surface area contributed by atoms with Gasteiger partial charge in [-0.25, -0.2) is 4.98 Å². The van der Waals surface area contributed by atoms with Gasteiger partial charge in [0.05, 0.1) is 0 Å². The van der Waals surface area contributed by atoms with Crippen molar-refractivity contribution in [3.8, 4) is 0 Å². The molecular formula is C15H25N3OS. The van der Waals surface area contributed by atoms with Crippen LogP contribution in [0.5, 0.6) is 0 Å². The highest BCUT2D eigenvalue weighted by Gasteiger charge is 2.06. The molecule has 20 heavy (non-hydrogen) atoms. The highest BCUT2D eigenvalue weighted by Crippen LogP contribution is 2.05. The molecule has 1 aromatic rings. The monoisotopic (exact) mass is 295 g/mol. The molecule has 1 heterocycles. The predicted octanol–water partition coefficient (Wildman–Crippen LogP) is 2.78. The summed E-state index contributed by atoms with van der Waals surface area (Å²) in [5.41, 5.74) is 0. The lowest BCUT2D eigenvalue weighted by Crippen LogP contribution is -2.32. The summed E-state index contributed by atoms with van der Waals surface area (Å²) in [7, 11) is 0. The van der Waals surface area contributed by atoms with Crippen LogP contribution in [0.1, 0.15) is 38.6 Å². The summed E-state index contributed by atoms with van der Waals surface area (Å²) in [4.78, 5) is 18.2. The summed E-state index contributed by atoms with van der Waals surface area (Å²) in [6.45, 7) is 9.69. The van der Waals surface area contributed by atoms with Crippen molar-refractivity contribution in [3.63, 3.8) is 0 Å². The van der Waals surface area contributed by atoms with E-state index in [1.54, 1.807) is 18.3 Å². The van der Waals surface area contributed by atoms with Crippen molar-refractivity contribution in [2.75, 3.05) is 19.6 Å². The van der Waals surface area contributed by atoms with Crippen molar-refractivity contribution in [1.82, 2.24) is 15.2 Å². The molecule has 1 unspecified atom stereocenters. The fraction of sp³-hybridized carbons (Fsp3) is 0.600. The molecular weight excluding hydrogens is 270 g/mol. The third kappa shape index (κ3) is 6.82. The number of nitrogens with one attached hydrogen (secondary N) is 1. The van der Waals surface area contributed by atoms with Crippen molar-refractivity contribution >= 4 is 23.3 Å². The van der Waals surface area contributed by atoms with E-state index in [0.717, 1.165) is 37.5 Å². The first-order chi connectivity index (χ1) is 9.65. The van der Waals surface area contributed by atoms with Crippen LogP contribution in [0.4, 0.5) is 0 Å². The van der Waals surface area contributed by atoms with Gasteiger partial charge in [0.1, 0.15) is 5.01 Å². The molecule has 0 saturated carbocycles. The lowest BCUT2D eigenvalue weighted by Gasteiger charge is -2.19. The molecule has 4 nitrogen and oxygen atoms in total. The average Bonchev–Trinajstić information content (AvgIpc) is 2.94. The van der Waals surface area contributed by atoms with E-state index in [-0.39, 0.29) is 11.9 Å². The molecule has 0 radical (unpaired) electrons. The second-order valence-electron chi connectivity index (χ2n) is 4.78. The van der Waals surface area contributed by atoms with Gasteiger partial charge in [-0.15, -0.1) is 11.3 Å². The highest BCUT2D eigenvalue weighted by atomic mass is 32.1. The van der Waals surface area contributed by atoms with Gasteiger partial charge in [0.25, 0.3) is 0 Å². The van der Waals surface area contributed by atoms with Gasteiger partial charge in [0.15, 0.2) is 0 Å². The molecule has 0 aliphatic rings. The van der Waals surface area contributed by atoms with Crippen LogP contribution >= 0.6 is 11.3 Å². The Hall–Kier alpha value is -1.20. The van der Waals surface area contributed by atoms with Crippen molar-refractivity contribution in [1.29, 1.82) is 0 Å². The van der Waals surface area contributed by atoms with Gasteiger partial charge in [-0.2, -0.15) is 0 Å². The number of hydrogen-bond donors (Lipinski definition) is 1. The van der Waals surface area contributed by atoms with E-state index in [9.17, 15) is 4.79 Å². The fourth-order valence-corrected chi connectivity index (χ4v) is 2.52. The number of hydrogen-bond acceptors (Lipinski definition) is 4. The van der Waals surface area contributed by atoms with E-state index in [1.807, 2.05) is 5.38 Å². The molecule has 1 aromatic heterocycles. The number of rotatable bonds is 9. The molecule has 0 aromatic carbocycles. The number of thiazole rings is 1. The van der Waals surface area contributed by atoms with Gasteiger partial charge in [-0.3, -0.25) is 4.79 Å². The predicted molar refractivity (Wildman–Crippen MR) is 85.8 cm³/mol. The van der Waals surface area contributed by atoms with Gasteiger partial charge in [-0.05, 0) is 45.5 Å². The second kappa shape index (κ2) is 9.66. The van der Waals surface area contributed by atoms with Gasteiger partial charge >= 0.3 is 0 Å². The van der Waals surface area contributed by atoms with E-state index in [2.05, 4.69) is 36.0 Å². The van der Waals surface area contributed by atoms with Crippen molar-refractivity contribution in [2.24, 2.45) is 0 Å². The maximum atomic E-state index is 11.7. The number of carbonyl (C=O) groups excluding carboxylic acids is 1. The van der Waals surface area contributed by atoms with Crippen molar-refractivity contribution < 1.29 is 4.79 Å². The van der Waals surface area contributed by atoms with Gasteiger partial charge in [0, 0.05) is 23.7 Å². The minimum Gasteiger partial charge on any atom is -0.350 e. The van der Waals surface area contributed by atoms with Crippen LogP contribution < -0.4 is 5.32 Å². The molecule has 5 heteroatoms. The molecule has 0 aliphatic heterocycles. The number of aromatic nitrogens is 1. The molecule has 1 atom stereocenters. The first-order valence-electron chi connectivity index (χ1n) is 7.26. The summed E-state index contributed by atoms with van der Waals surface area (Å²) in [6, 6.07) is 0.207. The summed E-state index contributed by atoms with van der Waals surface area (Å²) < 4.78 is 0. The Balaban J connectivity index is 2.21. The van der Waals surface area contributed by atoms with Crippen LogP contribution in [-0.4, -0.2) is 41.5 Å². The number of carbonyl (C=O) groups is 1. The minimum atomic E-state index is -0.0458. The third-order valence-corrected chi connectivity index (χ3v) is 3.96. The normalized spacial score (nSPS) is 13.0. The standard InChI is InChI=1S/C15H25N3OS/c1-4-18(5-2)11-6-7-13(3)17-14(19)8-9-15-16-10-12-20-15/h8-10,12-13H,4-7,11H2,1-3H3,(H,17,19)/b9-8+. The molecule has 112 valence electrons. The Morgan fingerprint density at radius 1 is 1.50 bits per heavy atom. The summed E-state index contributed by atoms with van der Waals surface area (Å²) >= 11 is 1.52. The SMILES string of the molecule is CCN(CC)CCCC(C)NC(=O)/C=C/c1nccs1. The molecule has 1 amide bonds. The van der Waals surface area contributed by atoms with Gasteiger partial charge in [-0.1, -0.05) is 13.8 Å². The van der Waals surface area contributed by atoms with Crippen LogP contribution in [0, 0.1) is 0 Å². The van der Waals surface area contributed by atoms with Crippen LogP contribution in [0.2, 0.25) is 0 Å². The van der Waals surface area contributed by atoms with Gasteiger partial charge in [0.2, 0.25) is 5.91 Å². The minimum absolute atomic E-state index is 0.0458. The zero-order valence-electron chi connectivity index (χ0n) is 12.6. The molecule has 0 spiro atoms. The largest absolute Gasteiger partial charge is 0.350 e. The molecule has 1 N–H and O–H groups in total. The highest BCUT2D eigenvalue weighted by molar-refractivity contribution is 7.10. The number of amides is 1. The Morgan fingerprint density at radius 3 is 2.85 bits per heavy atom. The maximum Gasteiger partial charge on any atom is 0.244 e. The quantitative estimate of drug-likeness (QED) is 0.713. The van der Waals surface area contributed by atoms with Crippen molar-refractivity contribution in [2.45, 2.75) is 39.7 Å². The Bertz CT molecular complexity index is 399. The molecule has 0 fully saturated rings. The first-order valence-corrected chi connectivity index (χ1v) is 8.14. The van der Waals surface area contributed by atoms with E-state index in [4.69, 9.17) is 0 Å². The fourth-order valence-electron chi connectivity index (χ4n) is 1.99. The van der Waals surface area contributed by atoms with E-state index in [1.165, 1.54) is 11.3 Å². The van der Waals surface area contributed by atoms with Crippen molar-refractivity contribution in [3.05, 3.63) is 22.7 Å². The Labute approximate surface area is 125 Å². The molecule has 0 aliphatic carbocycles. The van der Waals surface area contributed by atoms with Crippen LogP contribution in [0.3, 0.4) is 0 Å². The maximum absolute atomic E-state index is 11.7. The zero-order chi connectivity index (χ0) is 14.8. The molecule has 0 saturated heterocycles. The summed E-state index contributed by atoms with van der Waals surface area (Å²) in [5, 5.41) is 5.74. The summed E-state index contributed by atoms with van der Waals surface area (Å²) in [5.74, 6) is -0.0458. The van der Waals surface area contributed by atoms with Gasteiger partial charge < -0.3 is 10.2 Å². The summed E-state index contributed by atoms with van der Waals surface area (Å²) in [6.07, 6.45) is 7.16. The van der Waals surface area contributed by atoms with Crippen LogP contribution in [-0.2, 0) is 4.79 Å². The molecule has 0 bridgehead atoms. The lowest BCUT2D eigenvalue weighted by atomic mass is 10.1. The van der Waals surface area contributed by atoms with Crippen LogP contribution in [0.15, 0.2) is 17.7 Å². The Kier molecular flexibility index (Phi) is 8.14. The molecule has 1 rings (SSSR count). The van der Waals surface area contributed by atoms with E-state index in [0.29, 0.717) is 0 Å². The average molecular weight is 295 g/mol. The lowest BCUT2D eigenvalue weighted by molar-refractivity contribution is -0.117. The second-order valence-corrected chi connectivity index (χ2v) is 5.71. The van der Waals surface area contributed by atoms with E-state index >= 15 is 0 Å².